The van der Waals surface area contributed by atoms with Crippen molar-refractivity contribution in [2.45, 2.75) is 6.42 Å². The fraction of sp³-hybridized carbons (Fsp3) is 0.263. The second kappa shape index (κ2) is 7.49. The Hall–Kier alpha value is -2.33. The van der Waals surface area contributed by atoms with Crippen LogP contribution in [-0.4, -0.2) is 47.8 Å². The second-order valence-corrected chi connectivity index (χ2v) is 6.28. The third-order valence-electron chi connectivity index (χ3n) is 4.18. The Bertz CT molecular complexity index is 725. The van der Waals surface area contributed by atoms with Crippen LogP contribution >= 0.6 is 11.6 Å². The van der Waals surface area contributed by atoms with Gasteiger partial charge >= 0.3 is 0 Å². The zero-order valence-corrected chi connectivity index (χ0v) is 14.1. The van der Waals surface area contributed by atoms with Gasteiger partial charge in [0.2, 0.25) is 5.91 Å². The number of amides is 2. The number of halogens is 1. The predicted molar refractivity (Wildman–Crippen MR) is 94.1 cm³/mol. The number of carbonyl (C=O) groups excluding carboxylic acids is 2. The Balaban J connectivity index is 1.55. The molecular weight excluding hydrogens is 324 g/mol. The van der Waals surface area contributed by atoms with Crippen molar-refractivity contribution in [1.82, 2.24) is 9.80 Å². The van der Waals surface area contributed by atoms with Crippen LogP contribution in [0.3, 0.4) is 0 Å². The summed E-state index contributed by atoms with van der Waals surface area (Å²) in [5, 5.41) is 0.638. The van der Waals surface area contributed by atoms with E-state index in [0.717, 1.165) is 5.56 Å². The van der Waals surface area contributed by atoms with E-state index in [1.807, 2.05) is 53.4 Å². The van der Waals surface area contributed by atoms with Gasteiger partial charge in [-0.2, -0.15) is 0 Å². The summed E-state index contributed by atoms with van der Waals surface area (Å²) in [7, 11) is 0. The Kier molecular flexibility index (Phi) is 5.16. The van der Waals surface area contributed by atoms with Crippen molar-refractivity contribution in [3.8, 4) is 0 Å². The van der Waals surface area contributed by atoms with E-state index in [4.69, 9.17) is 11.6 Å². The van der Waals surface area contributed by atoms with Crippen LogP contribution in [0.1, 0.15) is 15.9 Å². The Morgan fingerprint density at radius 1 is 0.875 bits per heavy atom. The van der Waals surface area contributed by atoms with E-state index < -0.39 is 0 Å². The van der Waals surface area contributed by atoms with E-state index in [-0.39, 0.29) is 11.8 Å². The van der Waals surface area contributed by atoms with E-state index >= 15 is 0 Å². The number of benzene rings is 2. The summed E-state index contributed by atoms with van der Waals surface area (Å²) in [5.74, 6) is 0.0987. The fourth-order valence-corrected chi connectivity index (χ4v) is 3.07. The summed E-state index contributed by atoms with van der Waals surface area (Å²) < 4.78 is 0. The number of hydrogen-bond acceptors (Lipinski definition) is 2. The summed E-state index contributed by atoms with van der Waals surface area (Å²) >= 11 is 5.96. The maximum atomic E-state index is 12.4. The van der Waals surface area contributed by atoms with Crippen LogP contribution in [0.4, 0.5) is 0 Å². The molecule has 1 aliphatic heterocycles. The Morgan fingerprint density at radius 3 is 2.21 bits per heavy atom. The van der Waals surface area contributed by atoms with Gasteiger partial charge in [-0.05, 0) is 29.8 Å². The molecule has 124 valence electrons. The molecule has 0 aliphatic carbocycles. The molecule has 0 saturated carbocycles. The van der Waals surface area contributed by atoms with Crippen molar-refractivity contribution < 1.29 is 9.59 Å². The molecule has 5 heteroatoms. The molecule has 2 amide bonds. The number of hydrogen-bond donors (Lipinski definition) is 0. The highest BCUT2D eigenvalue weighted by atomic mass is 35.5. The molecule has 0 N–H and O–H groups in total. The van der Waals surface area contributed by atoms with E-state index in [1.165, 1.54) is 0 Å². The van der Waals surface area contributed by atoms with Gasteiger partial charge in [0.15, 0.2) is 0 Å². The molecule has 1 fully saturated rings. The van der Waals surface area contributed by atoms with E-state index in [2.05, 4.69) is 0 Å². The van der Waals surface area contributed by atoms with Crippen LogP contribution in [-0.2, 0) is 11.2 Å². The predicted octanol–water partition coefficient (Wildman–Crippen LogP) is 2.87. The zero-order chi connectivity index (χ0) is 16.9. The average Bonchev–Trinajstić information content (AvgIpc) is 2.62. The lowest BCUT2D eigenvalue weighted by molar-refractivity contribution is -0.131. The second-order valence-electron chi connectivity index (χ2n) is 5.85. The van der Waals surface area contributed by atoms with Crippen molar-refractivity contribution in [3.63, 3.8) is 0 Å². The molecule has 0 aromatic heterocycles. The quantitative estimate of drug-likeness (QED) is 0.860. The highest BCUT2D eigenvalue weighted by molar-refractivity contribution is 6.30. The molecule has 3 rings (SSSR count). The van der Waals surface area contributed by atoms with E-state index in [0.29, 0.717) is 43.2 Å². The van der Waals surface area contributed by atoms with Crippen LogP contribution in [0.2, 0.25) is 5.02 Å². The minimum absolute atomic E-state index is 0.0255. The first-order chi connectivity index (χ1) is 11.6. The van der Waals surface area contributed by atoms with E-state index in [1.54, 1.807) is 11.0 Å². The first kappa shape index (κ1) is 16.5. The van der Waals surface area contributed by atoms with Gasteiger partial charge in [0, 0.05) is 36.8 Å². The standard InChI is InChI=1S/C19H19ClN2O2/c20-17-8-4-5-15(13-17)14-18(23)21-9-11-22(12-10-21)19(24)16-6-2-1-3-7-16/h1-8,13H,9-12,14H2. The normalized spacial score (nSPS) is 14.5. The van der Waals surface area contributed by atoms with Gasteiger partial charge in [0.1, 0.15) is 0 Å². The topological polar surface area (TPSA) is 40.6 Å². The molecule has 2 aromatic carbocycles. The van der Waals surface area contributed by atoms with Gasteiger partial charge in [-0.1, -0.05) is 41.9 Å². The lowest BCUT2D eigenvalue weighted by Crippen LogP contribution is -2.51. The van der Waals surface area contributed by atoms with Gasteiger partial charge in [-0.15, -0.1) is 0 Å². The zero-order valence-electron chi connectivity index (χ0n) is 13.3. The minimum atomic E-state index is 0.0255. The molecular formula is C19H19ClN2O2. The van der Waals surface area contributed by atoms with Crippen LogP contribution in [0.5, 0.6) is 0 Å². The first-order valence-electron chi connectivity index (χ1n) is 8.00. The average molecular weight is 343 g/mol. The summed E-state index contributed by atoms with van der Waals surface area (Å²) in [4.78, 5) is 28.4. The van der Waals surface area contributed by atoms with Gasteiger partial charge in [-0.3, -0.25) is 9.59 Å². The molecule has 1 heterocycles. The third-order valence-corrected chi connectivity index (χ3v) is 4.42. The molecule has 0 unspecified atom stereocenters. The van der Waals surface area contributed by atoms with Crippen molar-refractivity contribution in [2.24, 2.45) is 0 Å². The molecule has 0 bridgehead atoms. The van der Waals surface area contributed by atoms with Crippen molar-refractivity contribution in [2.75, 3.05) is 26.2 Å². The lowest BCUT2D eigenvalue weighted by Gasteiger charge is -2.35. The van der Waals surface area contributed by atoms with Crippen LogP contribution in [0.25, 0.3) is 0 Å². The van der Waals surface area contributed by atoms with Crippen molar-refractivity contribution in [3.05, 3.63) is 70.7 Å². The highest BCUT2D eigenvalue weighted by Gasteiger charge is 2.24. The fourth-order valence-electron chi connectivity index (χ4n) is 2.86. The molecule has 4 nitrogen and oxygen atoms in total. The van der Waals surface area contributed by atoms with Crippen molar-refractivity contribution in [1.29, 1.82) is 0 Å². The van der Waals surface area contributed by atoms with Crippen LogP contribution < -0.4 is 0 Å². The summed E-state index contributed by atoms with van der Waals surface area (Å²) in [5.41, 5.74) is 1.60. The van der Waals surface area contributed by atoms with Crippen molar-refractivity contribution >= 4 is 23.4 Å². The molecule has 0 spiro atoms. The number of nitrogens with zero attached hydrogens (tertiary/aromatic N) is 2. The maximum Gasteiger partial charge on any atom is 0.253 e. The van der Waals surface area contributed by atoms with E-state index in [9.17, 15) is 9.59 Å². The SMILES string of the molecule is O=C(Cc1cccc(Cl)c1)N1CCN(C(=O)c2ccccc2)CC1. The van der Waals surface area contributed by atoms with Gasteiger partial charge < -0.3 is 9.80 Å². The van der Waals surface area contributed by atoms with Gasteiger partial charge in [0.05, 0.1) is 6.42 Å². The maximum absolute atomic E-state index is 12.4. The summed E-state index contributed by atoms with van der Waals surface area (Å²) in [6.07, 6.45) is 0.340. The molecule has 1 saturated heterocycles. The molecule has 1 aliphatic rings. The smallest absolute Gasteiger partial charge is 0.253 e. The largest absolute Gasteiger partial charge is 0.339 e. The molecule has 0 radical (unpaired) electrons. The number of piperazine rings is 1. The highest BCUT2D eigenvalue weighted by Crippen LogP contribution is 2.14. The minimum Gasteiger partial charge on any atom is -0.339 e. The van der Waals surface area contributed by atoms with Crippen LogP contribution in [0.15, 0.2) is 54.6 Å². The summed E-state index contributed by atoms with van der Waals surface area (Å²) in [6.45, 7) is 2.26. The number of carbonyl (C=O) groups is 2. The molecule has 2 aromatic rings. The Labute approximate surface area is 146 Å². The Morgan fingerprint density at radius 2 is 1.54 bits per heavy atom. The summed E-state index contributed by atoms with van der Waals surface area (Å²) in [6, 6.07) is 16.6. The third kappa shape index (κ3) is 3.95. The molecule has 0 atom stereocenters. The lowest BCUT2D eigenvalue weighted by atomic mass is 10.1. The number of rotatable bonds is 3. The monoisotopic (exact) mass is 342 g/mol. The van der Waals surface area contributed by atoms with Gasteiger partial charge in [0.25, 0.3) is 5.91 Å². The first-order valence-corrected chi connectivity index (χ1v) is 8.38. The van der Waals surface area contributed by atoms with Crippen LogP contribution in [0, 0.1) is 0 Å². The molecule has 24 heavy (non-hydrogen) atoms. The van der Waals surface area contributed by atoms with Gasteiger partial charge in [-0.25, -0.2) is 0 Å².